The zero-order valence-electron chi connectivity index (χ0n) is 7.59. The number of hydrogen-bond acceptors (Lipinski definition) is 2. The molecule has 1 heterocycles. The van der Waals surface area contributed by atoms with E-state index < -0.39 is 0 Å². The number of aromatic nitrogens is 2. The summed E-state index contributed by atoms with van der Waals surface area (Å²) in [6.07, 6.45) is 1.63. The van der Waals surface area contributed by atoms with Crippen molar-refractivity contribution in [3.05, 3.63) is 29.6 Å². The molecule has 1 aromatic carbocycles. The van der Waals surface area contributed by atoms with Gasteiger partial charge in [-0.05, 0) is 31.5 Å². The fourth-order valence-corrected chi connectivity index (χ4v) is 1.47. The molecule has 0 aliphatic heterocycles. The van der Waals surface area contributed by atoms with Crippen LogP contribution in [0.3, 0.4) is 0 Å². The van der Waals surface area contributed by atoms with Crippen molar-refractivity contribution in [1.29, 1.82) is 0 Å². The van der Waals surface area contributed by atoms with Crippen molar-refractivity contribution < 1.29 is 4.79 Å². The molecule has 0 saturated carbocycles. The molecule has 0 aliphatic carbocycles. The Morgan fingerprint density at radius 3 is 2.92 bits per heavy atom. The van der Waals surface area contributed by atoms with Crippen LogP contribution in [-0.2, 0) is 0 Å². The smallest absolute Gasteiger partial charge is 0.160 e. The summed E-state index contributed by atoms with van der Waals surface area (Å²) in [4.78, 5) is 18.3. The molecule has 3 heteroatoms. The highest BCUT2D eigenvalue weighted by molar-refractivity contribution is 5.98. The SMILES string of the molecule is CC(=O)c1cc2nc[nH]c2cc1C. The van der Waals surface area contributed by atoms with E-state index in [2.05, 4.69) is 9.97 Å². The molecule has 66 valence electrons. The summed E-state index contributed by atoms with van der Waals surface area (Å²) in [5.74, 6) is 0.0856. The first-order valence-electron chi connectivity index (χ1n) is 4.13. The first-order valence-corrected chi connectivity index (χ1v) is 4.13. The molecule has 0 radical (unpaired) electrons. The van der Waals surface area contributed by atoms with Crippen LogP contribution in [-0.4, -0.2) is 15.8 Å². The minimum absolute atomic E-state index is 0.0856. The zero-order valence-corrected chi connectivity index (χ0v) is 7.59. The highest BCUT2D eigenvalue weighted by atomic mass is 16.1. The van der Waals surface area contributed by atoms with E-state index >= 15 is 0 Å². The second-order valence-electron chi connectivity index (χ2n) is 3.14. The molecular weight excluding hydrogens is 164 g/mol. The molecule has 0 amide bonds. The highest BCUT2D eigenvalue weighted by Crippen LogP contribution is 2.16. The van der Waals surface area contributed by atoms with Gasteiger partial charge in [-0.2, -0.15) is 0 Å². The lowest BCUT2D eigenvalue weighted by molar-refractivity contribution is 0.101. The van der Waals surface area contributed by atoms with Crippen LogP contribution in [0, 0.1) is 6.92 Å². The number of nitrogens with zero attached hydrogens (tertiary/aromatic N) is 1. The standard InChI is InChI=1S/C10H10N2O/c1-6-3-9-10(12-5-11-9)4-8(6)7(2)13/h3-5H,1-2H3,(H,11,12). The van der Waals surface area contributed by atoms with E-state index in [1.165, 1.54) is 0 Å². The Morgan fingerprint density at radius 1 is 1.46 bits per heavy atom. The molecular formula is C10H10N2O. The van der Waals surface area contributed by atoms with Gasteiger partial charge < -0.3 is 4.98 Å². The van der Waals surface area contributed by atoms with Gasteiger partial charge in [0.15, 0.2) is 5.78 Å². The molecule has 0 unspecified atom stereocenters. The van der Waals surface area contributed by atoms with E-state index in [0.717, 1.165) is 22.2 Å². The maximum Gasteiger partial charge on any atom is 0.160 e. The number of ketones is 1. The van der Waals surface area contributed by atoms with Gasteiger partial charge >= 0.3 is 0 Å². The third kappa shape index (κ3) is 1.22. The molecule has 1 aromatic heterocycles. The van der Waals surface area contributed by atoms with Crippen molar-refractivity contribution in [2.24, 2.45) is 0 Å². The molecule has 3 nitrogen and oxygen atoms in total. The fourth-order valence-electron chi connectivity index (χ4n) is 1.47. The molecule has 0 aliphatic rings. The van der Waals surface area contributed by atoms with Crippen LogP contribution in [0.15, 0.2) is 18.5 Å². The predicted octanol–water partition coefficient (Wildman–Crippen LogP) is 2.07. The summed E-state index contributed by atoms with van der Waals surface area (Å²) < 4.78 is 0. The van der Waals surface area contributed by atoms with Crippen LogP contribution in [0.2, 0.25) is 0 Å². The number of aromatic amines is 1. The van der Waals surface area contributed by atoms with E-state index in [1.807, 2.05) is 19.1 Å². The molecule has 13 heavy (non-hydrogen) atoms. The molecule has 1 N–H and O–H groups in total. The van der Waals surface area contributed by atoms with Crippen molar-refractivity contribution in [3.8, 4) is 0 Å². The van der Waals surface area contributed by atoms with Crippen molar-refractivity contribution in [3.63, 3.8) is 0 Å². The Hall–Kier alpha value is -1.64. The number of H-pyrrole nitrogens is 1. The minimum atomic E-state index is 0.0856. The molecule has 2 rings (SSSR count). The Morgan fingerprint density at radius 2 is 2.23 bits per heavy atom. The fraction of sp³-hybridized carbons (Fsp3) is 0.200. The van der Waals surface area contributed by atoms with E-state index in [9.17, 15) is 4.79 Å². The van der Waals surface area contributed by atoms with E-state index in [0.29, 0.717) is 0 Å². The number of carbonyl (C=O) groups excluding carboxylic acids is 1. The Bertz CT molecular complexity index is 471. The number of rotatable bonds is 1. The predicted molar refractivity (Wildman–Crippen MR) is 50.8 cm³/mol. The normalized spacial score (nSPS) is 10.6. The summed E-state index contributed by atoms with van der Waals surface area (Å²) in [5, 5.41) is 0. The zero-order chi connectivity index (χ0) is 9.42. The minimum Gasteiger partial charge on any atom is -0.345 e. The molecule has 0 fully saturated rings. The molecule has 2 aromatic rings. The maximum absolute atomic E-state index is 11.2. The van der Waals surface area contributed by atoms with Gasteiger partial charge in [-0.15, -0.1) is 0 Å². The van der Waals surface area contributed by atoms with Gasteiger partial charge in [0.05, 0.1) is 17.4 Å². The van der Waals surface area contributed by atoms with Gasteiger partial charge in [-0.25, -0.2) is 4.98 Å². The van der Waals surface area contributed by atoms with Crippen LogP contribution < -0.4 is 0 Å². The lowest BCUT2D eigenvalue weighted by Crippen LogP contribution is -1.95. The first-order chi connectivity index (χ1) is 6.18. The Kier molecular flexibility index (Phi) is 1.65. The van der Waals surface area contributed by atoms with Gasteiger partial charge in [-0.1, -0.05) is 0 Å². The summed E-state index contributed by atoms with van der Waals surface area (Å²) in [7, 11) is 0. The third-order valence-electron chi connectivity index (χ3n) is 2.15. The van der Waals surface area contributed by atoms with Gasteiger partial charge in [0, 0.05) is 5.56 Å². The van der Waals surface area contributed by atoms with Crippen molar-refractivity contribution >= 4 is 16.8 Å². The molecule has 0 spiro atoms. The number of hydrogen-bond donors (Lipinski definition) is 1. The Balaban J connectivity index is 2.76. The summed E-state index contributed by atoms with van der Waals surface area (Å²) in [6, 6.07) is 3.77. The maximum atomic E-state index is 11.2. The average molecular weight is 174 g/mol. The molecule has 0 bridgehead atoms. The van der Waals surface area contributed by atoms with Crippen LogP contribution in [0.4, 0.5) is 0 Å². The van der Waals surface area contributed by atoms with E-state index in [4.69, 9.17) is 0 Å². The first kappa shape index (κ1) is 7.98. The number of fused-ring (bicyclic) bond motifs is 1. The summed E-state index contributed by atoms with van der Waals surface area (Å²) in [6.45, 7) is 3.50. The van der Waals surface area contributed by atoms with Crippen molar-refractivity contribution in [1.82, 2.24) is 9.97 Å². The monoisotopic (exact) mass is 174 g/mol. The van der Waals surface area contributed by atoms with Gasteiger partial charge in [0.1, 0.15) is 0 Å². The lowest BCUT2D eigenvalue weighted by Gasteiger charge is -2.00. The quantitative estimate of drug-likeness (QED) is 0.673. The van der Waals surface area contributed by atoms with E-state index in [-0.39, 0.29) is 5.78 Å². The summed E-state index contributed by atoms with van der Waals surface area (Å²) >= 11 is 0. The second kappa shape index (κ2) is 2.69. The van der Waals surface area contributed by atoms with Crippen LogP contribution >= 0.6 is 0 Å². The highest BCUT2D eigenvalue weighted by Gasteiger charge is 2.06. The number of Topliss-reactive ketones (excluding diaryl/α,β-unsaturated/α-hetero) is 1. The number of nitrogens with one attached hydrogen (secondary N) is 1. The second-order valence-corrected chi connectivity index (χ2v) is 3.14. The van der Waals surface area contributed by atoms with Crippen LogP contribution in [0.25, 0.3) is 11.0 Å². The topological polar surface area (TPSA) is 45.8 Å². The number of carbonyl (C=O) groups is 1. The van der Waals surface area contributed by atoms with Gasteiger partial charge in [-0.3, -0.25) is 4.79 Å². The Labute approximate surface area is 75.8 Å². The van der Waals surface area contributed by atoms with Gasteiger partial charge in [0.25, 0.3) is 0 Å². The van der Waals surface area contributed by atoms with Crippen LogP contribution in [0.1, 0.15) is 22.8 Å². The van der Waals surface area contributed by atoms with E-state index in [1.54, 1.807) is 13.3 Å². The lowest BCUT2D eigenvalue weighted by atomic mass is 10.0. The third-order valence-corrected chi connectivity index (χ3v) is 2.15. The molecule has 0 saturated heterocycles. The van der Waals surface area contributed by atoms with Crippen molar-refractivity contribution in [2.45, 2.75) is 13.8 Å². The van der Waals surface area contributed by atoms with Crippen molar-refractivity contribution in [2.75, 3.05) is 0 Å². The number of benzene rings is 1. The average Bonchev–Trinajstić information content (AvgIpc) is 2.48. The van der Waals surface area contributed by atoms with Crippen LogP contribution in [0.5, 0.6) is 0 Å². The number of aryl methyl sites for hydroxylation is 1. The molecule has 0 atom stereocenters. The summed E-state index contributed by atoms with van der Waals surface area (Å²) in [5.41, 5.74) is 3.56. The van der Waals surface area contributed by atoms with Gasteiger partial charge in [0.2, 0.25) is 0 Å². The largest absolute Gasteiger partial charge is 0.345 e. The number of imidazole rings is 1.